The van der Waals surface area contributed by atoms with Gasteiger partial charge in [-0.2, -0.15) is 0 Å². The molecule has 2 unspecified atom stereocenters. The van der Waals surface area contributed by atoms with Crippen LogP contribution in [0.4, 0.5) is 4.39 Å². The van der Waals surface area contributed by atoms with Crippen LogP contribution in [0.1, 0.15) is 18.5 Å². The Balaban J connectivity index is 2.14. The monoisotopic (exact) mass is 254 g/mol. The molecule has 0 aromatic heterocycles. The Morgan fingerprint density at radius 1 is 1.61 bits per heavy atom. The zero-order valence-electron chi connectivity index (χ0n) is 10.5. The summed E-state index contributed by atoms with van der Waals surface area (Å²) in [5, 5.41) is 9.81. The molecule has 0 radical (unpaired) electrons. The van der Waals surface area contributed by atoms with Crippen LogP contribution in [0.2, 0.25) is 0 Å². The molecule has 1 aromatic rings. The Bertz CT molecular complexity index is 414. The van der Waals surface area contributed by atoms with Crippen LogP contribution in [0.5, 0.6) is 5.75 Å². The summed E-state index contributed by atoms with van der Waals surface area (Å²) in [6, 6.07) is 3.97. The number of nitrogens with two attached hydrogens (primary N) is 1. The second-order valence-corrected chi connectivity index (χ2v) is 4.60. The average Bonchev–Trinajstić information content (AvgIpc) is 2.41. The molecule has 1 aromatic carbocycles. The van der Waals surface area contributed by atoms with Gasteiger partial charge < -0.3 is 15.6 Å². The van der Waals surface area contributed by atoms with Crippen molar-refractivity contribution in [1.29, 1.82) is 0 Å². The van der Waals surface area contributed by atoms with Gasteiger partial charge >= 0.3 is 0 Å². The van der Waals surface area contributed by atoms with Crippen LogP contribution < -0.4 is 5.73 Å². The van der Waals surface area contributed by atoms with Gasteiger partial charge in [-0.3, -0.25) is 4.90 Å². The molecule has 5 heteroatoms. The average molecular weight is 254 g/mol. The summed E-state index contributed by atoms with van der Waals surface area (Å²) in [6.07, 6.45) is 0.0110. The van der Waals surface area contributed by atoms with Crippen LogP contribution in [0.15, 0.2) is 18.2 Å². The van der Waals surface area contributed by atoms with Gasteiger partial charge in [0.25, 0.3) is 0 Å². The van der Waals surface area contributed by atoms with Crippen molar-refractivity contribution in [3.05, 3.63) is 29.6 Å². The summed E-state index contributed by atoms with van der Waals surface area (Å²) in [5.74, 6) is -0.210. The first-order chi connectivity index (χ1) is 8.61. The molecule has 0 spiro atoms. The van der Waals surface area contributed by atoms with E-state index in [1.54, 1.807) is 0 Å². The lowest BCUT2D eigenvalue weighted by atomic mass is 10.0. The first-order valence-corrected chi connectivity index (χ1v) is 6.16. The standard InChI is InChI=1S/C13H19FN2O2/c1-9(12-6-10(14)2-3-13(12)17)16-4-5-18-11(7-15)8-16/h2-3,6,9,11,17H,4-5,7-8,15H2,1H3. The van der Waals surface area contributed by atoms with E-state index < -0.39 is 0 Å². The quantitative estimate of drug-likeness (QED) is 0.852. The number of phenolic OH excluding ortho intramolecular Hbond substituents is 1. The molecule has 0 amide bonds. The van der Waals surface area contributed by atoms with E-state index in [1.807, 2.05) is 6.92 Å². The predicted molar refractivity (Wildman–Crippen MR) is 66.8 cm³/mol. The van der Waals surface area contributed by atoms with Crippen LogP contribution in [0.25, 0.3) is 0 Å². The van der Waals surface area contributed by atoms with Crippen molar-refractivity contribution in [2.24, 2.45) is 5.73 Å². The number of benzene rings is 1. The Labute approximate surface area is 106 Å². The minimum absolute atomic E-state index is 0.0110. The van der Waals surface area contributed by atoms with Crippen LogP contribution in [0.3, 0.4) is 0 Å². The lowest BCUT2D eigenvalue weighted by molar-refractivity contribution is -0.0367. The molecular formula is C13H19FN2O2. The number of hydrogen-bond acceptors (Lipinski definition) is 4. The van der Waals surface area contributed by atoms with Gasteiger partial charge in [-0.05, 0) is 25.1 Å². The second kappa shape index (κ2) is 5.65. The van der Waals surface area contributed by atoms with Gasteiger partial charge in [0.15, 0.2) is 0 Å². The van der Waals surface area contributed by atoms with Crippen molar-refractivity contribution in [2.75, 3.05) is 26.2 Å². The summed E-state index contributed by atoms with van der Waals surface area (Å²) < 4.78 is 18.7. The largest absolute Gasteiger partial charge is 0.508 e. The fourth-order valence-electron chi connectivity index (χ4n) is 2.29. The lowest BCUT2D eigenvalue weighted by Gasteiger charge is -2.36. The highest BCUT2D eigenvalue weighted by atomic mass is 19.1. The van der Waals surface area contributed by atoms with Gasteiger partial charge in [0.1, 0.15) is 11.6 Å². The maximum atomic E-state index is 13.2. The summed E-state index contributed by atoms with van der Waals surface area (Å²) in [6.45, 7) is 4.50. The molecule has 0 saturated carbocycles. The highest BCUT2D eigenvalue weighted by Gasteiger charge is 2.25. The molecule has 1 heterocycles. The first kappa shape index (κ1) is 13.3. The Morgan fingerprint density at radius 3 is 3.11 bits per heavy atom. The highest BCUT2D eigenvalue weighted by molar-refractivity contribution is 5.35. The van der Waals surface area contributed by atoms with Crippen LogP contribution in [0, 0.1) is 5.82 Å². The maximum absolute atomic E-state index is 13.2. The molecule has 1 aliphatic heterocycles. The number of morpholine rings is 1. The zero-order valence-corrected chi connectivity index (χ0v) is 10.5. The third kappa shape index (κ3) is 2.80. The number of aromatic hydroxyl groups is 1. The molecule has 1 saturated heterocycles. The lowest BCUT2D eigenvalue weighted by Crippen LogP contribution is -2.46. The summed E-state index contributed by atoms with van der Waals surface area (Å²) in [4.78, 5) is 2.15. The zero-order chi connectivity index (χ0) is 13.1. The van der Waals surface area contributed by atoms with Gasteiger partial charge in [0.2, 0.25) is 0 Å². The van der Waals surface area contributed by atoms with Crippen LogP contribution in [-0.4, -0.2) is 42.4 Å². The van der Waals surface area contributed by atoms with Gasteiger partial charge in [-0.25, -0.2) is 4.39 Å². The van der Waals surface area contributed by atoms with E-state index >= 15 is 0 Å². The van der Waals surface area contributed by atoms with Gasteiger partial charge in [0.05, 0.1) is 12.7 Å². The van der Waals surface area contributed by atoms with Crippen molar-refractivity contribution in [2.45, 2.75) is 19.1 Å². The normalized spacial score (nSPS) is 22.9. The van der Waals surface area contributed by atoms with Gasteiger partial charge in [-0.1, -0.05) is 0 Å². The van der Waals surface area contributed by atoms with Gasteiger partial charge in [0, 0.05) is 31.2 Å². The molecule has 4 nitrogen and oxygen atoms in total. The predicted octanol–water partition coefficient (Wildman–Crippen LogP) is 1.25. The molecule has 100 valence electrons. The summed E-state index contributed by atoms with van der Waals surface area (Å²) in [5.41, 5.74) is 6.20. The number of hydrogen-bond donors (Lipinski definition) is 2. The maximum Gasteiger partial charge on any atom is 0.123 e. The van der Waals surface area contributed by atoms with Crippen LogP contribution in [-0.2, 0) is 4.74 Å². The summed E-state index contributed by atoms with van der Waals surface area (Å²) in [7, 11) is 0. The molecule has 3 N–H and O–H groups in total. The van der Waals surface area contributed by atoms with Crippen molar-refractivity contribution < 1.29 is 14.2 Å². The van der Waals surface area contributed by atoms with Crippen molar-refractivity contribution in [1.82, 2.24) is 4.90 Å². The van der Waals surface area contributed by atoms with Crippen LogP contribution >= 0.6 is 0 Å². The SMILES string of the molecule is CC(c1cc(F)ccc1O)N1CCOC(CN)C1. The number of halogens is 1. The molecule has 18 heavy (non-hydrogen) atoms. The van der Waals surface area contributed by atoms with E-state index in [0.717, 1.165) is 6.54 Å². The second-order valence-electron chi connectivity index (χ2n) is 4.60. The smallest absolute Gasteiger partial charge is 0.123 e. The number of nitrogens with zero attached hydrogens (tertiary/aromatic N) is 1. The molecule has 0 aliphatic carbocycles. The van der Waals surface area contributed by atoms with Crippen molar-refractivity contribution >= 4 is 0 Å². The Morgan fingerprint density at radius 2 is 2.39 bits per heavy atom. The molecular weight excluding hydrogens is 235 g/mol. The van der Waals surface area contributed by atoms with E-state index in [-0.39, 0.29) is 23.7 Å². The van der Waals surface area contributed by atoms with Crippen molar-refractivity contribution in [3.8, 4) is 5.75 Å². The van der Waals surface area contributed by atoms with E-state index in [2.05, 4.69) is 4.90 Å². The fourth-order valence-corrected chi connectivity index (χ4v) is 2.29. The Kier molecular flexibility index (Phi) is 4.16. The number of rotatable bonds is 3. The van der Waals surface area contributed by atoms with E-state index in [0.29, 0.717) is 25.3 Å². The minimum Gasteiger partial charge on any atom is -0.508 e. The topological polar surface area (TPSA) is 58.7 Å². The Hall–Kier alpha value is -1.17. The summed E-state index contributed by atoms with van der Waals surface area (Å²) >= 11 is 0. The highest BCUT2D eigenvalue weighted by Crippen LogP contribution is 2.29. The molecule has 0 bridgehead atoms. The molecule has 1 aliphatic rings. The third-order valence-electron chi connectivity index (χ3n) is 3.42. The van der Waals surface area contributed by atoms with E-state index in [9.17, 15) is 9.50 Å². The number of ether oxygens (including phenoxy) is 1. The van der Waals surface area contributed by atoms with Crippen molar-refractivity contribution in [3.63, 3.8) is 0 Å². The third-order valence-corrected chi connectivity index (χ3v) is 3.42. The molecule has 2 atom stereocenters. The van der Waals surface area contributed by atoms with E-state index in [1.165, 1.54) is 18.2 Å². The minimum atomic E-state index is -0.335. The number of phenols is 1. The van der Waals surface area contributed by atoms with Gasteiger partial charge in [-0.15, -0.1) is 0 Å². The molecule has 2 rings (SSSR count). The van der Waals surface area contributed by atoms with E-state index in [4.69, 9.17) is 10.5 Å². The fraction of sp³-hybridized carbons (Fsp3) is 0.538. The molecule has 1 fully saturated rings. The first-order valence-electron chi connectivity index (χ1n) is 6.16.